The Morgan fingerprint density at radius 2 is 1.92 bits per heavy atom. The molecule has 0 fully saturated rings. The van der Waals surface area contributed by atoms with Crippen LogP contribution in [0.25, 0.3) is 0 Å². The quantitative estimate of drug-likeness (QED) is 0.448. The number of halogens is 3. The van der Waals surface area contributed by atoms with Crippen molar-refractivity contribution in [2.75, 3.05) is 0 Å². The zero-order chi connectivity index (χ0) is 18.5. The van der Waals surface area contributed by atoms with Gasteiger partial charge in [-0.15, -0.1) is 0 Å². The second kappa shape index (κ2) is 8.49. The third kappa shape index (κ3) is 4.72. The molecule has 0 radical (unpaired) electrons. The molecular weight excluding hydrogens is 439 g/mol. The van der Waals surface area contributed by atoms with Crippen molar-refractivity contribution in [3.05, 3.63) is 86.1 Å². The van der Waals surface area contributed by atoms with Gasteiger partial charge in [-0.05, 0) is 39.7 Å². The maximum Gasteiger partial charge on any atom is 0.293 e. The van der Waals surface area contributed by atoms with Crippen LogP contribution in [-0.2, 0) is 6.54 Å². The first kappa shape index (κ1) is 18.6. The van der Waals surface area contributed by atoms with Crippen LogP contribution in [0.2, 0.25) is 10.0 Å². The number of rotatable bonds is 5. The number of aromatic nitrogens is 2. The standard InChI is InChI=1S/C18H13BrCl2N4O/c19-15-11-25(10-12-5-7-14(20)8-6-12)24-17(15)18(26)23-22-9-13-3-1-2-4-16(13)21/h1-9,11H,10H2,(H,23,26)/b22-9+. The number of benzene rings is 2. The smallest absolute Gasteiger partial charge is 0.266 e. The molecule has 1 N–H and O–H groups in total. The van der Waals surface area contributed by atoms with Crippen molar-refractivity contribution in [3.63, 3.8) is 0 Å². The van der Waals surface area contributed by atoms with Gasteiger partial charge in [0.1, 0.15) is 0 Å². The molecule has 1 heterocycles. The summed E-state index contributed by atoms with van der Waals surface area (Å²) in [6, 6.07) is 14.7. The van der Waals surface area contributed by atoms with Crippen molar-refractivity contribution in [1.82, 2.24) is 15.2 Å². The van der Waals surface area contributed by atoms with Gasteiger partial charge >= 0.3 is 0 Å². The minimum atomic E-state index is -0.421. The van der Waals surface area contributed by atoms with Gasteiger partial charge in [0.25, 0.3) is 5.91 Å². The first-order valence-electron chi connectivity index (χ1n) is 7.58. The van der Waals surface area contributed by atoms with E-state index in [0.29, 0.717) is 26.6 Å². The molecule has 8 heteroatoms. The topological polar surface area (TPSA) is 59.3 Å². The maximum atomic E-state index is 12.3. The number of nitrogens with one attached hydrogen (secondary N) is 1. The van der Waals surface area contributed by atoms with Crippen LogP contribution >= 0.6 is 39.1 Å². The SMILES string of the molecule is O=C(N/N=C/c1ccccc1Cl)c1nn(Cc2ccc(Cl)cc2)cc1Br. The highest BCUT2D eigenvalue weighted by Gasteiger charge is 2.15. The van der Waals surface area contributed by atoms with E-state index in [1.54, 1.807) is 23.0 Å². The highest BCUT2D eigenvalue weighted by atomic mass is 79.9. The Kier molecular flexibility index (Phi) is 6.08. The lowest BCUT2D eigenvalue weighted by Crippen LogP contribution is -2.19. The number of nitrogens with zero attached hydrogens (tertiary/aromatic N) is 3. The van der Waals surface area contributed by atoms with Crippen LogP contribution in [0.4, 0.5) is 0 Å². The van der Waals surface area contributed by atoms with Crippen molar-refractivity contribution >= 4 is 51.3 Å². The Labute approximate surface area is 168 Å². The lowest BCUT2D eigenvalue weighted by molar-refractivity contribution is 0.0948. The first-order chi connectivity index (χ1) is 12.5. The minimum Gasteiger partial charge on any atom is -0.266 e. The lowest BCUT2D eigenvalue weighted by Gasteiger charge is -2.02. The molecule has 0 unspecified atom stereocenters. The minimum absolute atomic E-state index is 0.246. The average Bonchev–Trinajstić information content (AvgIpc) is 2.99. The molecule has 0 spiro atoms. The van der Waals surface area contributed by atoms with Crippen LogP contribution in [0, 0.1) is 0 Å². The van der Waals surface area contributed by atoms with E-state index in [4.69, 9.17) is 23.2 Å². The van der Waals surface area contributed by atoms with Gasteiger partial charge in [0, 0.05) is 21.8 Å². The van der Waals surface area contributed by atoms with Crippen molar-refractivity contribution in [2.24, 2.45) is 5.10 Å². The average molecular weight is 452 g/mol. The fourth-order valence-corrected chi connectivity index (χ4v) is 3.01. The molecular formula is C18H13BrCl2N4O. The molecule has 0 bridgehead atoms. The van der Waals surface area contributed by atoms with E-state index in [-0.39, 0.29) is 5.69 Å². The number of hydrazone groups is 1. The molecule has 0 saturated carbocycles. The third-order valence-corrected chi connectivity index (χ3v) is 4.64. The van der Waals surface area contributed by atoms with E-state index in [9.17, 15) is 4.79 Å². The summed E-state index contributed by atoms with van der Waals surface area (Å²) in [7, 11) is 0. The van der Waals surface area contributed by atoms with Crippen LogP contribution in [0.3, 0.4) is 0 Å². The molecule has 0 aliphatic rings. The largest absolute Gasteiger partial charge is 0.293 e. The Morgan fingerprint density at radius 3 is 2.65 bits per heavy atom. The highest BCUT2D eigenvalue weighted by molar-refractivity contribution is 9.10. The Hall–Kier alpha value is -2.15. The van der Waals surface area contributed by atoms with Crippen molar-refractivity contribution < 1.29 is 4.79 Å². The summed E-state index contributed by atoms with van der Waals surface area (Å²) in [4.78, 5) is 12.3. The fourth-order valence-electron chi connectivity index (χ4n) is 2.20. The summed E-state index contributed by atoms with van der Waals surface area (Å²) in [5.41, 5.74) is 4.43. The van der Waals surface area contributed by atoms with Crippen LogP contribution in [-0.4, -0.2) is 21.9 Å². The van der Waals surface area contributed by atoms with Gasteiger partial charge < -0.3 is 0 Å². The molecule has 5 nitrogen and oxygen atoms in total. The van der Waals surface area contributed by atoms with Gasteiger partial charge in [-0.1, -0.05) is 53.5 Å². The van der Waals surface area contributed by atoms with E-state index >= 15 is 0 Å². The third-order valence-electron chi connectivity index (χ3n) is 3.46. The summed E-state index contributed by atoms with van der Waals surface area (Å²) in [5, 5.41) is 9.45. The second-order valence-electron chi connectivity index (χ2n) is 5.37. The summed E-state index contributed by atoms with van der Waals surface area (Å²) in [6.45, 7) is 0.520. The van der Waals surface area contributed by atoms with E-state index in [0.717, 1.165) is 5.56 Å². The van der Waals surface area contributed by atoms with Crippen molar-refractivity contribution in [2.45, 2.75) is 6.54 Å². The van der Waals surface area contributed by atoms with Crippen LogP contribution in [0.15, 0.2) is 64.3 Å². The van der Waals surface area contributed by atoms with Gasteiger partial charge in [-0.25, -0.2) is 5.43 Å². The molecule has 0 aliphatic carbocycles. The van der Waals surface area contributed by atoms with Gasteiger partial charge in [0.2, 0.25) is 0 Å². The first-order valence-corrected chi connectivity index (χ1v) is 9.13. The van der Waals surface area contributed by atoms with Gasteiger partial charge in [0.05, 0.1) is 17.2 Å². The van der Waals surface area contributed by atoms with E-state index in [2.05, 4.69) is 31.6 Å². The predicted molar refractivity (Wildman–Crippen MR) is 107 cm³/mol. The Morgan fingerprint density at radius 1 is 1.19 bits per heavy atom. The molecule has 1 aromatic heterocycles. The zero-order valence-electron chi connectivity index (χ0n) is 13.4. The fraction of sp³-hybridized carbons (Fsp3) is 0.0556. The monoisotopic (exact) mass is 450 g/mol. The van der Waals surface area contributed by atoms with Crippen LogP contribution in [0.1, 0.15) is 21.6 Å². The normalized spacial score (nSPS) is 11.0. The molecule has 0 saturated heterocycles. The summed E-state index contributed by atoms with van der Waals surface area (Å²) < 4.78 is 2.25. The van der Waals surface area contributed by atoms with Gasteiger partial charge in [-0.2, -0.15) is 10.2 Å². The molecule has 26 heavy (non-hydrogen) atoms. The van der Waals surface area contributed by atoms with E-state index in [1.807, 2.05) is 36.4 Å². The van der Waals surface area contributed by atoms with Crippen molar-refractivity contribution in [3.8, 4) is 0 Å². The summed E-state index contributed by atoms with van der Waals surface area (Å²) in [6.07, 6.45) is 3.22. The number of carbonyl (C=O) groups excluding carboxylic acids is 1. The molecule has 0 aliphatic heterocycles. The second-order valence-corrected chi connectivity index (χ2v) is 7.07. The van der Waals surface area contributed by atoms with Crippen LogP contribution in [0.5, 0.6) is 0 Å². The molecule has 3 rings (SSSR count). The predicted octanol–water partition coefficient (Wildman–Crippen LogP) is 4.76. The van der Waals surface area contributed by atoms with E-state index in [1.165, 1.54) is 6.21 Å². The lowest BCUT2D eigenvalue weighted by atomic mass is 10.2. The molecule has 1 amide bonds. The molecule has 132 valence electrons. The van der Waals surface area contributed by atoms with Crippen LogP contribution < -0.4 is 5.43 Å². The number of amides is 1. The number of hydrogen-bond acceptors (Lipinski definition) is 3. The van der Waals surface area contributed by atoms with Gasteiger partial charge in [0.15, 0.2) is 5.69 Å². The Bertz CT molecular complexity index is 954. The van der Waals surface area contributed by atoms with Crippen molar-refractivity contribution in [1.29, 1.82) is 0 Å². The zero-order valence-corrected chi connectivity index (χ0v) is 16.5. The maximum absolute atomic E-state index is 12.3. The van der Waals surface area contributed by atoms with E-state index < -0.39 is 5.91 Å². The highest BCUT2D eigenvalue weighted by Crippen LogP contribution is 2.17. The number of hydrogen-bond donors (Lipinski definition) is 1. The summed E-state index contributed by atoms with van der Waals surface area (Å²) >= 11 is 15.3. The molecule has 3 aromatic rings. The Balaban J connectivity index is 1.67. The molecule has 2 aromatic carbocycles. The van der Waals surface area contributed by atoms with Gasteiger partial charge in [-0.3, -0.25) is 9.48 Å². The number of carbonyl (C=O) groups is 1. The summed E-state index contributed by atoms with van der Waals surface area (Å²) in [5.74, 6) is -0.421. The molecule has 0 atom stereocenters.